The number of phenolic OH excluding ortho intramolecular Hbond substituents is 1. The van der Waals surface area contributed by atoms with Crippen LogP contribution in [0.4, 0.5) is 26.3 Å². The normalized spacial score (nSPS) is 17.4. The Morgan fingerprint density at radius 3 is 1.62 bits per heavy atom. The Hall–Kier alpha value is -3.44. The fourth-order valence-electron chi connectivity index (χ4n) is 5.93. The number of benzene rings is 2. The van der Waals surface area contributed by atoms with Crippen molar-refractivity contribution in [2.24, 2.45) is 0 Å². The van der Waals surface area contributed by atoms with Crippen molar-refractivity contribution in [1.82, 2.24) is 9.80 Å². The molecule has 12 heteroatoms. The quantitative estimate of drug-likeness (QED) is 0.303. The van der Waals surface area contributed by atoms with Crippen LogP contribution in [0.5, 0.6) is 11.5 Å². The number of phenols is 1. The Kier molecular flexibility index (Phi) is 13.6. The van der Waals surface area contributed by atoms with Crippen molar-refractivity contribution in [1.29, 1.82) is 0 Å². The second-order valence-corrected chi connectivity index (χ2v) is 11.1. The van der Waals surface area contributed by atoms with Crippen molar-refractivity contribution in [3.63, 3.8) is 0 Å². The molecule has 0 saturated carbocycles. The summed E-state index contributed by atoms with van der Waals surface area (Å²) in [4.78, 5) is 25.2. The number of aryl methyl sites for hydroxylation is 2. The molecule has 0 aromatic heterocycles. The van der Waals surface area contributed by atoms with Crippen LogP contribution in [-0.4, -0.2) is 70.9 Å². The lowest BCUT2D eigenvalue weighted by molar-refractivity contribution is -0.188. The second kappa shape index (κ2) is 16.2. The Labute approximate surface area is 261 Å². The molecule has 0 radical (unpaired) electrons. The number of halogens is 6. The molecular weight excluding hydrogens is 602 g/mol. The van der Waals surface area contributed by atoms with Gasteiger partial charge in [0.2, 0.25) is 0 Å². The average molecular weight is 647 g/mol. The number of aromatic hydroxyl groups is 1. The molecular formula is C33H44F6N2O4. The number of fused-ring (bicyclic) bond motifs is 2. The number of rotatable bonds is 8. The highest BCUT2D eigenvalue weighted by atomic mass is 19.4. The van der Waals surface area contributed by atoms with E-state index in [-0.39, 0.29) is 26.3 Å². The van der Waals surface area contributed by atoms with E-state index >= 15 is 0 Å². The SMILES string of the molecule is C.CCCN(C(=O)C(F)(F)F)C1CCc2ccc(O)cc2C1.CCCN(C(=O)C(F)(F)F)C1CCc2ccc(OCC)cc2C1. The third kappa shape index (κ3) is 10.0. The van der Waals surface area contributed by atoms with Gasteiger partial charge in [0.15, 0.2) is 0 Å². The van der Waals surface area contributed by atoms with Crippen LogP contribution < -0.4 is 4.74 Å². The first-order valence-corrected chi connectivity index (χ1v) is 15.0. The Bertz CT molecular complexity index is 1280. The maximum absolute atomic E-state index is 12.8. The zero-order valence-corrected chi connectivity index (χ0v) is 25.2. The summed E-state index contributed by atoms with van der Waals surface area (Å²) in [6.07, 6.45) is -5.51. The summed E-state index contributed by atoms with van der Waals surface area (Å²) in [5.41, 5.74) is 3.95. The van der Waals surface area contributed by atoms with E-state index in [9.17, 15) is 41.0 Å². The molecule has 1 N–H and O–H groups in total. The van der Waals surface area contributed by atoms with Gasteiger partial charge in [0.05, 0.1) is 6.61 Å². The largest absolute Gasteiger partial charge is 0.508 e. The summed E-state index contributed by atoms with van der Waals surface area (Å²) < 4.78 is 82.1. The zero-order valence-electron chi connectivity index (χ0n) is 25.2. The first-order chi connectivity index (χ1) is 20.7. The third-order valence-electron chi connectivity index (χ3n) is 7.90. The summed E-state index contributed by atoms with van der Waals surface area (Å²) in [5, 5.41) is 9.49. The van der Waals surface area contributed by atoms with Crippen molar-refractivity contribution < 1.29 is 45.8 Å². The molecule has 4 rings (SSSR count). The molecule has 2 unspecified atom stereocenters. The fraction of sp³-hybridized carbons (Fsp3) is 0.576. The summed E-state index contributed by atoms with van der Waals surface area (Å²) in [7, 11) is 0. The van der Waals surface area contributed by atoms with Crippen LogP contribution >= 0.6 is 0 Å². The smallest absolute Gasteiger partial charge is 0.471 e. The maximum Gasteiger partial charge on any atom is 0.471 e. The first kappa shape index (κ1) is 37.7. The van der Waals surface area contributed by atoms with E-state index in [2.05, 4.69) is 0 Å². The zero-order chi connectivity index (χ0) is 32.7. The van der Waals surface area contributed by atoms with E-state index in [0.29, 0.717) is 58.0 Å². The number of alkyl halides is 6. The lowest BCUT2D eigenvalue weighted by Crippen LogP contribution is -2.49. The number of hydrogen-bond acceptors (Lipinski definition) is 4. The van der Waals surface area contributed by atoms with Gasteiger partial charge >= 0.3 is 24.2 Å². The standard InChI is InChI=1S/C17H22F3NO2.C15H18F3NO2.CH4/c1-3-9-21(16(22)17(18,19)20)14-7-5-12-6-8-15(23-4-2)11-13(12)10-14;1-2-7-19(14(21)15(16,17)18)12-5-3-10-4-6-13(20)9-11(10)8-12;/h6,8,11,14H,3-5,7,9-10H2,1-2H3;4,6,9,12,20H,2-3,5,7-8H2,1H3;1H4. The van der Waals surface area contributed by atoms with E-state index in [1.54, 1.807) is 32.0 Å². The Morgan fingerprint density at radius 2 is 1.20 bits per heavy atom. The molecule has 0 spiro atoms. The van der Waals surface area contributed by atoms with Gasteiger partial charge in [-0.1, -0.05) is 33.4 Å². The van der Waals surface area contributed by atoms with Gasteiger partial charge in [-0.25, -0.2) is 0 Å². The third-order valence-corrected chi connectivity index (χ3v) is 7.90. The lowest BCUT2D eigenvalue weighted by Gasteiger charge is -2.35. The van der Waals surface area contributed by atoms with Gasteiger partial charge in [0.1, 0.15) is 11.5 Å². The average Bonchev–Trinajstić information content (AvgIpc) is 2.97. The number of nitrogens with zero attached hydrogens (tertiary/aromatic N) is 2. The van der Waals surface area contributed by atoms with Crippen LogP contribution in [-0.2, 0) is 35.3 Å². The van der Waals surface area contributed by atoms with Gasteiger partial charge in [-0.3, -0.25) is 9.59 Å². The van der Waals surface area contributed by atoms with Gasteiger partial charge in [0.25, 0.3) is 0 Å². The highest BCUT2D eigenvalue weighted by Gasteiger charge is 2.45. The summed E-state index contributed by atoms with van der Waals surface area (Å²) in [5.74, 6) is -2.68. The second-order valence-electron chi connectivity index (χ2n) is 11.1. The molecule has 2 aliphatic rings. The number of carbonyl (C=O) groups excluding carboxylic acids is 2. The Balaban J connectivity index is 0.000000308. The molecule has 0 saturated heterocycles. The van der Waals surface area contributed by atoms with E-state index in [4.69, 9.17) is 4.74 Å². The summed E-state index contributed by atoms with van der Waals surface area (Å²) in [6, 6.07) is 9.79. The van der Waals surface area contributed by atoms with Crippen molar-refractivity contribution in [2.45, 2.75) is 104 Å². The van der Waals surface area contributed by atoms with Gasteiger partial charge in [-0.15, -0.1) is 0 Å². The highest BCUT2D eigenvalue weighted by molar-refractivity contribution is 5.82. The number of ether oxygens (including phenoxy) is 1. The number of carbonyl (C=O) groups is 2. The molecule has 0 fully saturated rings. The molecule has 252 valence electrons. The van der Waals surface area contributed by atoms with E-state index in [0.717, 1.165) is 37.8 Å². The minimum absolute atomic E-state index is 0. The van der Waals surface area contributed by atoms with E-state index < -0.39 is 36.3 Å². The topological polar surface area (TPSA) is 70.1 Å². The first-order valence-electron chi connectivity index (χ1n) is 15.0. The van der Waals surface area contributed by atoms with Gasteiger partial charge in [-0.2, -0.15) is 26.3 Å². The minimum atomic E-state index is -4.84. The monoisotopic (exact) mass is 646 g/mol. The molecule has 2 amide bonds. The number of hydrogen-bond donors (Lipinski definition) is 1. The van der Waals surface area contributed by atoms with Crippen LogP contribution in [0.3, 0.4) is 0 Å². The van der Waals surface area contributed by atoms with Crippen LogP contribution in [0.2, 0.25) is 0 Å². The van der Waals surface area contributed by atoms with Crippen molar-refractivity contribution in [2.75, 3.05) is 19.7 Å². The molecule has 2 aromatic rings. The number of amides is 2. The Morgan fingerprint density at radius 1 is 0.756 bits per heavy atom. The van der Waals surface area contributed by atoms with Crippen LogP contribution in [0.1, 0.15) is 76.1 Å². The van der Waals surface area contributed by atoms with Crippen LogP contribution in [0.15, 0.2) is 36.4 Å². The van der Waals surface area contributed by atoms with Crippen LogP contribution in [0, 0.1) is 0 Å². The van der Waals surface area contributed by atoms with Gasteiger partial charge in [0, 0.05) is 25.2 Å². The van der Waals surface area contributed by atoms with Crippen molar-refractivity contribution in [3.8, 4) is 11.5 Å². The van der Waals surface area contributed by atoms with E-state index in [1.807, 2.05) is 25.1 Å². The summed E-state index contributed by atoms with van der Waals surface area (Å²) in [6.45, 7) is 6.17. The fourth-order valence-corrected chi connectivity index (χ4v) is 5.93. The molecule has 2 atom stereocenters. The molecule has 2 aromatic carbocycles. The molecule has 2 aliphatic carbocycles. The highest BCUT2D eigenvalue weighted by Crippen LogP contribution is 2.32. The molecule has 0 bridgehead atoms. The minimum Gasteiger partial charge on any atom is -0.508 e. The predicted molar refractivity (Wildman–Crippen MR) is 160 cm³/mol. The molecule has 6 nitrogen and oxygen atoms in total. The maximum atomic E-state index is 12.8. The van der Waals surface area contributed by atoms with Crippen LogP contribution in [0.25, 0.3) is 0 Å². The van der Waals surface area contributed by atoms with Gasteiger partial charge in [-0.05, 0) is 105 Å². The summed E-state index contributed by atoms with van der Waals surface area (Å²) >= 11 is 0. The molecule has 0 heterocycles. The lowest BCUT2D eigenvalue weighted by atomic mass is 9.87. The van der Waals surface area contributed by atoms with E-state index in [1.165, 1.54) is 0 Å². The van der Waals surface area contributed by atoms with Crippen molar-refractivity contribution >= 4 is 11.8 Å². The predicted octanol–water partition coefficient (Wildman–Crippen LogP) is 7.43. The van der Waals surface area contributed by atoms with Gasteiger partial charge < -0.3 is 19.6 Å². The molecule has 45 heavy (non-hydrogen) atoms. The molecule has 0 aliphatic heterocycles. The van der Waals surface area contributed by atoms with Crippen molar-refractivity contribution in [3.05, 3.63) is 58.7 Å².